The third kappa shape index (κ3) is 2.30. The van der Waals surface area contributed by atoms with Crippen LogP contribution < -0.4 is 10.1 Å². The predicted octanol–water partition coefficient (Wildman–Crippen LogP) is 1.14. The first kappa shape index (κ1) is 11.4. The first-order valence-corrected chi connectivity index (χ1v) is 5.74. The maximum atomic E-state index is 5.08. The molecule has 0 aliphatic heterocycles. The third-order valence-electron chi connectivity index (χ3n) is 2.68. The molecule has 7 heteroatoms. The van der Waals surface area contributed by atoms with E-state index in [0.29, 0.717) is 23.9 Å². The minimum atomic E-state index is 0.591. The van der Waals surface area contributed by atoms with Crippen LogP contribution in [0.4, 0.5) is 5.82 Å². The minimum Gasteiger partial charge on any atom is -0.481 e. The SMILES string of the molecule is COc1cc(CNc2nccn3cnnc23)ccn1. The second-order valence-corrected chi connectivity index (χ2v) is 3.90. The van der Waals surface area contributed by atoms with Crippen molar-refractivity contribution in [1.82, 2.24) is 24.6 Å². The number of rotatable bonds is 4. The molecule has 3 rings (SSSR count). The molecule has 0 atom stereocenters. The van der Waals surface area contributed by atoms with Crippen molar-refractivity contribution in [2.24, 2.45) is 0 Å². The van der Waals surface area contributed by atoms with Gasteiger partial charge in [0.1, 0.15) is 6.33 Å². The molecule has 0 aromatic carbocycles. The molecule has 0 unspecified atom stereocenters. The average molecular weight is 256 g/mol. The fourth-order valence-electron chi connectivity index (χ4n) is 1.74. The minimum absolute atomic E-state index is 0.591. The molecule has 3 aromatic heterocycles. The molecule has 0 saturated carbocycles. The lowest BCUT2D eigenvalue weighted by atomic mass is 10.2. The molecule has 3 aromatic rings. The molecule has 0 spiro atoms. The zero-order chi connectivity index (χ0) is 13.1. The number of ether oxygens (including phenoxy) is 1. The summed E-state index contributed by atoms with van der Waals surface area (Å²) in [7, 11) is 1.60. The highest BCUT2D eigenvalue weighted by Gasteiger charge is 2.04. The number of fused-ring (bicyclic) bond motifs is 1. The lowest BCUT2D eigenvalue weighted by molar-refractivity contribution is 0.397. The lowest BCUT2D eigenvalue weighted by Gasteiger charge is -2.07. The van der Waals surface area contributed by atoms with E-state index in [1.165, 1.54) is 0 Å². The van der Waals surface area contributed by atoms with Crippen molar-refractivity contribution >= 4 is 11.5 Å². The van der Waals surface area contributed by atoms with Crippen LogP contribution in [0, 0.1) is 0 Å². The van der Waals surface area contributed by atoms with Gasteiger partial charge in [0.25, 0.3) is 0 Å². The summed E-state index contributed by atoms with van der Waals surface area (Å²) in [6.07, 6.45) is 6.85. The van der Waals surface area contributed by atoms with Gasteiger partial charge >= 0.3 is 0 Å². The summed E-state index contributed by atoms with van der Waals surface area (Å²) in [6.45, 7) is 0.610. The topological polar surface area (TPSA) is 77.2 Å². The van der Waals surface area contributed by atoms with Gasteiger partial charge in [-0.1, -0.05) is 0 Å². The lowest BCUT2D eigenvalue weighted by Crippen LogP contribution is -2.04. The molecular weight excluding hydrogens is 244 g/mol. The number of aromatic nitrogens is 5. The Morgan fingerprint density at radius 2 is 2.26 bits per heavy atom. The maximum absolute atomic E-state index is 5.08. The van der Waals surface area contributed by atoms with E-state index in [2.05, 4.69) is 25.5 Å². The summed E-state index contributed by atoms with van der Waals surface area (Å²) < 4.78 is 6.89. The van der Waals surface area contributed by atoms with Crippen molar-refractivity contribution in [2.75, 3.05) is 12.4 Å². The number of methoxy groups -OCH3 is 1. The van der Waals surface area contributed by atoms with Crippen LogP contribution >= 0.6 is 0 Å². The predicted molar refractivity (Wildman–Crippen MR) is 68.9 cm³/mol. The molecule has 7 nitrogen and oxygen atoms in total. The molecule has 1 N–H and O–H groups in total. The summed E-state index contributed by atoms with van der Waals surface area (Å²) >= 11 is 0. The highest BCUT2D eigenvalue weighted by Crippen LogP contribution is 2.13. The maximum Gasteiger partial charge on any atom is 0.213 e. The number of hydrogen-bond donors (Lipinski definition) is 1. The molecule has 0 radical (unpaired) electrons. The highest BCUT2D eigenvalue weighted by molar-refractivity contribution is 5.61. The van der Waals surface area contributed by atoms with Crippen molar-refractivity contribution in [3.05, 3.63) is 42.6 Å². The second-order valence-electron chi connectivity index (χ2n) is 3.90. The Balaban J connectivity index is 1.80. The van der Waals surface area contributed by atoms with E-state index in [9.17, 15) is 0 Å². The quantitative estimate of drug-likeness (QED) is 0.754. The Labute approximate surface area is 109 Å². The van der Waals surface area contributed by atoms with Gasteiger partial charge in [-0.25, -0.2) is 9.97 Å². The van der Waals surface area contributed by atoms with Crippen LogP contribution in [0.2, 0.25) is 0 Å². The number of nitrogens with zero attached hydrogens (tertiary/aromatic N) is 5. The Morgan fingerprint density at radius 3 is 3.16 bits per heavy atom. The Kier molecular flexibility index (Phi) is 2.93. The normalized spacial score (nSPS) is 10.6. The Hall–Kier alpha value is -2.70. The van der Waals surface area contributed by atoms with Crippen molar-refractivity contribution in [3.8, 4) is 5.88 Å². The number of hydrogen-bond acceptors (Lipinski definition) is 6. The molecule has 0 fully saturated rings. The zero-order valence-corrected chi connectivity index (χ0v) is 10.3. The van der Waals surface area contributed by atoms with Crippen LogP contribution in [0.25, 0.3) is 5.65 Å². The van der Waals surface area contributed by atoms with Crippen LogP contribution in [0.15, 0.2) is 37.1 Å². The monoisotopic (exact) mass is 256 g/mol. The van der Waals surface area contributed by atoms with E-state index >= 15 is 0 Å². The molecule has 3 heterocycles. The zero-order valence-electron chi connectivity index (χ0n) is 10.3. The summed E-state index contributed by atoms with van der Waals surface area (Å²) in [6, 6.07) is 3.79. The summed E-state index contributed by atoms with van der Waals surface area (Å²) in [5, 5.41) is 11.1. The van der Waals surface area contributed by atoms with Gasteiger partial charge in [-0.3, -0.25) is 4.40 Å². The van der Waals surface area contributed by atoms with E-state index in [4.69, 9.17) is 4.74 Å². The van der Waals surface area contributed by atoms with E-state index in [0.717, 1.165) is 5.56 Å². The Morgan fingerprint density at radius 1 is 1.32 bits per heavy atom. The number of nitrogens with one attached hydrogen (secondary N) is 1. The van der Waals surface area contributed by atoms with Crippen molar-refractivity contribution < 1.29 is 4.74 Å². The van der Waals surface area contributed by atoms with Gasteiger partial charge in [-0.15, -0.1) is 10.2 Å². The van der Waals surface area contributed by atoms with Crippen molar-refractivity contribution in [2.45, 2.75) is 6.54 Å². The van der Waals surface area contributed by atoms with E-state index in [-0.39, 0.29) is 0 Å². The first-order chi connectivity index (χ1) is 9.36. The molecule has 0 amide bonds. The molecule has 0 aliphatic carbocycles. The largest absolute Gasteiger partial charge is 0.481 e. The highest BCUT2D eigenvalue weighted by atomic mass is 16.5. The fourth-order valence-corrected chi connectivity index (χ4v) is 1.74. The van der Waals surface area contributed by atoms with Crippen LogP contribution in [-0.4, -0.2) is 31.7 Å². The smallest absolute Gasteiger partial charge is 0.213 e. The van der Waals surface area contributed by atoms with Gasteiger partial charge in [0, 0.05) is 31.2 Å². The van der Waals surface area contributed by atoms with Crippen LogP contribution in [0.1, 0.15) is 5.56 Å². The molecule has 0 saturated heterocycles. The summed E-state index contributed by atoms with van der Waals surface area (Å²) in [4.78, 5) is 8.32. The van der Waals surface area contributed by atoms with Crippen LogP contribution in [-0.2, 0) is 6.54 Å². The molecular formula is C12H12N6O. The molecule has 0 aliphatic rings. The van der Waals surface area contributed by atoms with E-state index in [1.54, 1.807) is 32.0 Å². The first-order valence-electron chi connectivity index (χ1n) is 5.74. The van der Waals surface area contributed by atoms with Crippen LogP contribution in [0.3, 0.4) is 0 Å². The van der Waals surface area contributed by atoms with Gasteiger partial charge in [-0.2, -0.15) is 0 Å². The Bertz CT molecular complexity index is 695. The average Bonchev–Trinajstić information content (AvgIpc) is 2.94. The van der Waals surface area contributed by atoms with Crippen molar-refractivity contribution in [1.29, 1.82) is 0 Å². The van der Waals surface area contributed by atoms with Crippen molar-refractivity contribution in [3.63, 3.8) is 0 Å². The van der Waals surface area contributed by atoms with Gasteiger partial charge in [0.15, 0.2) is 5.82 Å². The van der Waals surface area contributed by atoms with Gasteiger partial charge in [-0.05, 0) is 11.6 Å². The second kappa shape index (κ2) is 4.89. The molecule has 19 heavy (non-hydrogen) atoms. The standard InChI is InChI=1S/C12H12N6O/c1-19-10-6-9(2-3-13-10)7-15-11-12-17-16-8-18(12)5-4-14-11/h2-6,8H,7H2,1H3,(H,14,15). The molecule has 0 bridgehead atoms. The third-order valence-corrected chi connectivity index (χ3v) is 2.68. The van der Waals surface area contributed by atoms with Gasteiger partial charge < -0.3 is 10.1 Å². The van der Waals surface area contributed by atoms with Gasteiger partial charge in [0.2, 0.25) is 11.5 Å². The molecule has 96 valence electrons. The summed E-state index contributed by atoms with van der Waals surface area (Å²) in [5.41, 5.74) is 1.75. The van der Waals surface area contributed by atoms with E-state index < -0.39 is 0 Å². The van der Waals surface area contributed by atoms with Crippen LogP contribution in [0.5, 0.6) is 5.88 Å². The number of anilines is 1. The fraction of sp³-hybridized carbons (Fsp3) is 0.167. The summed E-state index contributed by atoms with van der Waals surface area (Å²) in [5.74, 6) is 1.28. The number of pyridine rings is 1. The van der Waals surface area contributed by atoms with E-state index in [1.807, 2.05) is 16.5 Å². The van der Waals surface area contributed by atoms with Gasteiger partial charge in [0.05, 0.1) is 7.11 Å².